The highest BCUT2D eigenvalue weighted by atomic mass is 35.5. The second-order valence-corrected chi connectivity index (χ2v) is 5.32. The Hall–Kier alpha value is -1.06. The minimum absolute atomic E-state index is 0.573. The molecule has 4 heteroatoms. The highest BCUT2D eigenvalue weighted by Gasteiger charge is 2.22. The van der Waals surface area contributed by atoms with Crippen LogP contribution in [0, 0.1) is 0 Å². The molecule has 0 aromatic heterocycles. The fourth-order valence-electron chi connectivity index (χ4n) is 2.42. The van der Waals surface area contributed by atoms with Gasteiger partial charge in [0.05, 0.1) is 10.7 Å². The first-order chi connectivity index (χ1) is 8.63. The molecule has 3 nitrogen and oxygen atoms in total. The standard InChI is InChI=1S/C14H19ClN2O/c1-11(2)16-6-8-17(9-7-16)14-12(10-18)4-3-5-13(14)15/h3-5,10-11H,6-9H2,1-2H3. The molecule has 1 aliphatic rings. The molecule has 0 unspecified atom stereocenters. The van der Waals surface area contributed by atoms with Crippen molar-refractivity contribution in [3.8, 4) is 0 Å². The van der Waals surface area contributed by atoms with Crippen LogP contribution in [0.15, 0.2) is 18.2 Å². The van der Waals surface area contributed by atoms with Gasteiger partial charge in [0.2, 0.25) is 0 Å². The highest BCUT2D eigenvalue weighted by molar-refractivity contribution is 6.33. The molecule has 1 saturated heterocycles. The summed E-state index contributed by atoms with van der Waals surface area (Å²) >= 11 is 6.23. The monoisotopic (exact) mass is 266 g/mol. The molecule has 0 bridgehead atoms. The predicted molar refractivity (Wildman–Crippen MR) is 75.8 cm³/mol. The Bertz CT molecular complexity index is 426. The maximum absolute atomic E-state index is 11.1. The first-order valence-corrected chi connectivity index (χ1v) is 6.74. The third-order valence-corrected chi connectivity index (χ3v) is 3.81. The predicted octanol–water partition coefficient (Wildman–Crippen LogP) is 2.68. The van der Waals surface area contributed by atoms with Gasteiger partial charge in [-0.15, -0.1) is 0 Å². The Morgan fingerprint density at radius 1 is 1.22 bits per heavy atom. The van der Waals surface area contributed by atoms with Crippen molar-refractivity contribution >= 4 is 23.6 Å². The van der Waals surface area contributed by atoms with Crippen molar-refractivity contribution in [1.82, 2.24) is 4.90 Å². The van der Waals surface area contributed by atoms with Gasteiger partial charge in [-0.05, 0) is 26.0 Å². The average Bonchev–Trinajstić information content (AvgIpc) is 2.38. The number of rotatable bonds is 3. The number of para-hydroxylation sites is 1. The molecular weight excluding hydrogens is 248 g/mol. The van der Waals surface area contributed by atoms with Gasteiger partial charge >= 0.3 is 0 Å². The van der Waals surface area contributed by atoms with Crippen molar-refractivity contribution in [1.29, 1.82) is 0 Å². The summed E-state index contributed by atoms with van der Waals surface area (Å²) in [7, 11) is 0. The summed E-state index contributed by atoms with van der Waals surface area (Å²) in [5.41, 5.74) is 1.57. The Balaban J connectivity index is 2.17. The fourth-order valence-corrected chi connectivity index (χ4v) is 2.72. The molecule has 0 saturated carbocycles. The van der Waals surface area contributed by atoms with Crippen molar-refractivity contribution in [2.75, 3.05) is 31.1 Å². The molecule has 0 aliphatic carbocycles. The van der Waals surface area contributed by atoms with Crippen molar-refractivity contribution in [2.24, 2.45) is 0 Å². The number of nitrogens with zero attached hydrogens (tertiary/aromatic N) is 2. The third kappa shape index (κ3) is 2.68. The van der Waals surface area contributed by atoms with E-state index >= 15 is 0 Å². The summed E-state index contributed by atoms with van der Waals surface area (Å²) < 4.78 is 0. The zero-order chi connectivity index (χ0) is 13.1. The quantitative estimate of drug-likeness (QED) is 0.786. The van der Waals surface area contributed by atoms with E-state index < -0.39 is 0 Å². The molecule has 98 valence electrons. The van der Waals surface area contributed by atoms with Gasteiger partial charge in [0.1, 0.15) is 0 Å². The lowest BCUT2D eigenvalue weighted by molar-refractivity contribution is 0.112. The number of aldehydes is 1. The van der Waals surface area contributed by atoms with Crippen LogP contribution in [0.3, 0.4) is 0 Å². The van der Waals surface area contributed by atoms with Gasteiger partial charge in [-0.2, -0.15) is 0 Å². The van der Waals surface area contributed by atoms with Gasteiger partial charge in [-0.25, -0.2) is 0 Å². The van der Waals surface area contributed by atoms with Crippen LogP contribution in [0.2, 0.25) is 5.02 Å². The van der Waals surface area contributed by atoms with E-state index in [2.05, 4.69) is 23.6 Å². The van der Waals surface area contributed by atoms with Crippen molar-refractivity contribution < 1.29 is 4.79 Å². The second-order valence-electron chi connectivity index (χ2n) is 4.91. The van der Waals surface area contributed by atoms with Crippen LogP contribution < -0.4 is 4.90 Å². The van der Waals surface area contributed by atoms with Crippen LogP contribution in [0.5, 0.6) is 0 Å². The van der Waals surface area contributed by atoms with E-state index in [1.807, 2.05) is 18.2 Å². The molecule has 0 radical (unpaired) electrons. The molecular formula is C14H19ClN2O. The molecule has 0 atom stereocenters. The Labute approximate surface area is 113 Å². The van der Waals surface area contributed by atoms with Gasteiger partial charge in [-0.1, -0.05) is 17.7 Å². The first kappa shape index (κ1) is 13.4. The van der Waals surface area contributed by atoms with Gasteiger partial charge in [0, 0.05) is 37.8 Å². The molecule has 0 spiro atoms. The van der Waals surface area contributed by atoms with Crippen LogP contribution in [0.25, 0.3) is 0 Å². The number of carbonyl (C=O) groups excluding carboxylic acids is 1. The Kier molecular flexibility index (Phi) is 4.25. The summed E-state index contributed by atoms with van der Waals surface area (Å²) in [6.07, 6.45) is 0.885. The largest absolute Gasteiger partial charge is 0.367 e. The molecule has 0 N–H and O–H groups in total. The number of anilines is 1. The maximum Gasteiger partial charge on any atom is 0.152 e. The van der Waals surface area contributed by atoms with E-state index in [9.17, 15) is 4.79 Å². The van der Waals surface area contributed by atoms with E-state index in [0.29, 0.717) is 16.6 Å². The fraction of sp³-hybridized carbons (Fsp3) is 0.500. The van der Waals surface area contributed by atoms with Crippen LogP contribution in [-0.4, -0.2) is 43.4 Å². The zero-order valence-electron chi connectivity index (χ0n) is 10.9. The smallest absolute Gasteiger partial charge is 0.152 e. The molecule has 1 fully saturated rings. The van der Waals surface area contributed by atoms with E-state index in [4.69, 9.17) is 11.6 Å². The lowest BCUT2D eigenvalue weighted by Gasteiger charge is -2.38. The van der Waals surface area contributed by atoms with Gasteiger partial charge in [0.15, 0.2) is 6.29 Å². The summed E-state index contributed by atoms with van der Waals surface area (Å²) in [5, 5.41) is 0.664. The normalized spacial score (nSPS) is 17.2. The first-order valence-electron chi connectivity index (χ1n) is 6.36. The maximum atomic E-state index is 11.1. The molecule has 1 heterocycles. The molecule has 18 heavy (non-hydrogen) atoms. The van der Waals surface area contributed by atoms with Gasteiger partial charge < -0.3 is 4.90 Å². The number of hydrogen-bond donors (Lipinski definition) is 0. The number of piperazine rings is 1. The molecule has 1 aromatic carbocycles. The van der Waals surface area contributed by atoms with Crippen LogP contribution in [0.1, 0.15) is 24.2 Å². The Morgan fingerprint density at radius 2 is 1.89 bits per heavy atom. The van der Waals surface area contributed by atoms with Crippen molar-refractivity contribution in [2.45, 2.75) is 19.9 Å². The van der Waals surface area contributed by atoms with Gasteiger partial charge in [0.25, 0.3) is 0 Å². The van der Waals surface area contributed by atoms with E-state index in [1.165, 1.54) is 0 Å². The molecule has 1 aromatic rings. The summed E-state index contributed by atoms with van der Waals surface area (Å²) in [5.74, 6) is 0. The number of benzene rings is 1. The third-order valence-electron chi connectivity index (χ3n) is 3.51. The number of halogens is 1. The van der Waals surface area contributed by atoms with Crippen LogP contribution in [0.4, 0.5) is 5.69 Å². The van der Waals surface area contributed by atoms with Crippen LogP contribution >= 0.6 is 11.6 Å². The van der Waals surface area contributed by atoms with E-state index in [1.54, 1.807) is 0 Å². The van der Waals surface area contributed by atoms with Crippen molar-refractivity contribution in [3.63, 3.8) is 0 Å². The minimum Gasteiger partial charge on any atom is -0.367 e. The lowest BCUT2D eigenvalue weighted by Crippen LogP contribution is -2.49. The van der Waals surface area contributed by atoms with E-state index in [0.717, 1.165) is 38.2 Å². The Morgan fingerprint density at radius 3 is 2.44 bits per heavy atom. The molecule has 1 aliphatic heterocycles. The van der Waals surface area contributed by atoms with E-state index in [-0.39, 0.29) is 0 Å². The second kappa shape index (κ2) is 5.72. The lowest BCUT2D eigenvalue weighted by atomic mass is 10.1. The minimum atomic E-state index is 0.573. The SMILES string of the molecule is CC(C)N1CCN(c2c(Cl)cccc2C=O)CC1. The topological polar surface area (TPSA) is 23.6 Å². The van der Waals surface area contributed by atoms with Gasteiger partial charge in [-0.3, -0.25) is 9.69 Å². The molecule has 2 rings (SSSR count). The molecule has 0 amide bonds. The highest BCUT2D eigenvalue weighted by Crippen LogP contribution is 2.29. The van der Waals surface area contributed by atoms with Crippen molar-refractivity contribution in [3.05, 3.63) is 28.8 Å². The number of hydrogen-bond acceptors (Lipinski definition) is 3. The number of carbonyl (C=O) groups is 1. The summed E-state index contributed by atoms with van der Waals surface area (Å²) in [4.78, 5) is 15.8. The zero-order valence-corrected chi connectivity index (χ0v) is 11.7. The summed E-state index contributed by atoms with van der Waals surface area (Å²) in [6, 6.07) is 6.06. The average molecular weight is 267 g/mol. The summed E-state index contributed by atoms with van der Waals surface area (Å²) in [6.45, 7) is 8.29. The van der Waals surface area contributed by atoms with Crippen LogP contribution in [-0.2, 0) is 0 Å².